The zero-order valence-electron chi connectivity index (χ0n) is 9.82. The van der Waals surface area contributed by atoms with E-state index in [2.05, 4.69) is 15.0 Å². The fourth-order valence-electron chi connectivity index (χ4n) is 1.20. The van der Waals surface area contributed by atoms with E-state index in [0.717, 1.165) is 4.90 Å². The summed E-state index contributed by atoms with van der Waals surface area (Å²) in [4.78, 5) is 12.9. The minimum Gasteiger partial charge on any atom is -0.508 e. The lowest BCUT2D eigenvalue weighted by atomic mass is 10.3. The molecule has 0 spiro atoms. The lowest BCUT2D eigenvalue weighted by Crippen LogP contribution is -2.00. The highest BCUT2D eigenvalue weighted by molar-refractivity contribution is 7.99. The summed E-state index contributed by atoms with van der Waals surface area (Å²) >= 11 is 1.28. The topological polar surface area (TPSA) is 77.4 Å². The van der Waals surface area contributed by atoms with Crippen LogP contribution < -0.4 is 9.47 Å². The normalized spacial score (nSPS) is 10.1. The van der Waals surface area contributed by atoms with Gasteiger partial charge in [0, 0.05) is 4.90 Å². The van der Waals surface area contributed by atoms with E-state index < -0.39 is 0 Å². The van der Waals surface area contributed by atoms with Gasteiger partial charge in [-0.05, 0) is 30.0 Å². The lowest BCUT2D eigenvalue weighted by molar-refractivity contribution is 0.332. The Morgan fingerprint density at radius 3 is 2.28 bits per heavy atom. The standard InChI is InChI=1S/C11H11N3O3S/c1-16-9-12-10(17-2)14-11(13-9)18-8-5-3-4-7(15)6-8/h3-6,15H,1-2H3. The minimum absolute atomic E-state index is 0.185. The van der Waals surface area contributed by atoms with Crippen LogP contribution in [0, 0.1) is 0 Å². The highest BCUT2D eigenvalue weighted by atomic mass is 32.2. The van der Waals surface area contributed by atoms with Crippen molar-refractivity contribution < 1.29 is 14.6 Å². The monoisotopic (exact) mass is 265 g/mol. The van der Waals surface area contributed by atoms with Gasteiger partial charge in [-0.25, -0.2) is 0 Å². The number of benzene rings is 1. The van der Waals surface area contributed by atoms with E-state index in [1.54, 1.807) is 18.2 Å². The van der Waals surface area contributed by atoms with Crippen molar-refractivity contribution in [2.75, 3.05) is 14.2 Å². The fraction of sp³-hybridized carbons (Fsp3) is 0.182. The van der Waals surface area contributed by atoms with Crippen LogP contribution in [0.4, 0.5) is 0 Å². The Kier molecular flexibility index (Phi) is 3.83. The van der Waals surface area contributed by atoms with Crippen molar-refractivity contribution in [2.45, 2.75) is 10.1 Å². The molecule has 2 aromatic rings. The molecule has 0 aliphatic rings. The number of hydrogen-bond acceptors (Lipinski definition) is 7. The zero-order chi connectivity index (χ0) is 13.0. The van der Waals surface area contributed by atoms with Gasteiger partial charge in [-0.1, -0.05) is 6.07 Å². The Balaban J connectivity index is 2.28. The van der Waals surface area contributed by atoms with Crippen molar-refractivity contribution in [3.8, 4) is 17.8 Å². The van der Waals surface area contributed by atoms with Crippen LogP contribution in [0.15, 0.2) is 34.3 Å². The van der Waals surface area contributed by atoms with Gasteiger partial charge in [0.25, 0.3) is 0 Å². The third kappa shape index (κ3) is 3.01. The molecule has 94 valence electrons. The third-order valence-corrected chi connectivity index (χ3v) is 2.82. The Labute approximate surface area is 108 Å². The maximum absolute atomic E-state index is 9.38. The second kappa shape index (κ2) is 5.54. The molecule has 18 heavy (non-hydrogen) atoms. The first-order valence-electron chi connectivity index (χ1n) is 5.02. The van der Waals surface area contributed by atoms with Crippen molar-refractivity contribution in [3.63, 3.8) is 0 Å². The SMILES string of the molecule is COc1nc(OC)nc(Sc2cccc(O)c2)n1. The molecular formula is C11H11N3O3S. The van der Waals surface area contributed by atoms with Crippen LogP contribution in [0.3, 0.4) is 0 Å². The third-order valence-electron chi connectivity index (χ3n) is 1.97. The second-order valence-electron chi connectivity index (χ2n) is 3.19. The summed E-state index contributed by atoms with van der Waals surface area (Å²) in [5.41, 5.74) is 0. The Morgan fingerprint density at radius 1 is 1.06 bits per heavy atom. The number of phenolic OH excluding ortho intramolecular Hbond substituents is 1. The van der Waals surface area contributed by atoms with Gasteiger partial charge in [0.05, 0.1) is 14.2 Å². The average molecular weight is 265 g/mol. The van der Waals surface area contributed by atoms with E-state index >= 15 is 0 Å². The van der Waals surface area contributed by atoms with Crippen molar-refractivity contribution >= 4 is 11.8 Å². The molecule has 0 unspecified atom stereocenters. The lowest BCUT2D eigenvalue weighted by Gasteiger charge is -2.04. The van der Waals surface area contributed by atoms with Crippen LogP contribution in [0.25, 0.3) is 0 Å². The maximum Gasteiger partial charge on any atom is 0.323 e. The summed E-state index contributed by atoms with van der Waals surface area (Å²) in [5.74, 6) is 0.188. The molecule has 0 radical (unpaired) electrons. The summed E-state index contributed by atoms with van der Waals surface area (Å²) in [6.45, 7) is 0. The Bertz CT molecular complexity index is 529. The molecule has 7 heteroatoms. The van der Waals surface area contributed by atoms with E-state index in [4.69, 9.17) is 9.47 Å². The molecule has 0 amide bonds. The molecule has 1 N–H and O–H groups in total. The van der Waals surface area contributed by atoms with Crippen molar-refractivity contribution in [1.29, 1.82) is 0 Å². The Hall–Kier alpha value is -2.02. The summed E-state index contributed by atoms with van der Waals surface area (Å²) < 4.78 is 9.91. The number of methoxy groups -OCH3 is 2. The predicted octanol–water partition coefficient (Wildman–Crippen LogP) is 1.75. The largest absolute Gasteiger partial charge is 0.508 e. The van der Waals surface area contributed by atoms with Crippen LogP contribution in [-0.4, -0.2) is 34.3 Å². The van der Waals surface area contributed by atoms with Crippen LogP contribution in [0.2, 0.25) is 0 Å². The molecule has 0 aliphatic heterocycles. The predicted molar refractivity (Wildman–Crippen MR) is 65.2 cm³/mol. The van der Waals surface area contributed by atoms with Gasteiger partial charge < -0.3 is 14.6 Å². The van der Waals surface area contributed by atoms with Crippen molar-refractivity contribution in [1.82, 2.24) is 15.0 Å². The van der Waals surface area contributed by atoms with Crippen molar-refractivity contribution in [2.24, 2.45) is 0 Å². The quantitative estimate of drug-likeness (QED) is 0.902. The van der Waals surface area contributed by atoms with E-state index in [-0.39, 0.29) is 17.8 Å². The maximum atomic E-state index is 9.38. The van der Waals surface area contributed by atoms with Crippen LogP contribution >= 0.6 is 11.8 Å². The number of nitrogens with zero attached hydrogens (tertiary/aromatic N) is 3. The van der Waals surface area contributed by atoms with Crippen LogP contribution in [0.1, 0.15) is 0 Å². The van der Waals surface area contributed by atoms with Gasteiger partial charge in [0.15, 0.2) is 0 Å². The molecule has 0 bridgehead atoms. The van der Waals surface area contributed by atoms with Gasteiger partial charge >= 0.3 is 12.0 Å². The van der Waals surface area contributed by atoms with E-state index in [0.29, 0.717) is 5.16 Å². The zero-order valence-corrected chi connectivity index (χ0v) is 10.6. The number of aromatic nitrogens is 3. The fourth-order valence-corrected chi connectivity index (χ4v) is 1.99. The molecule has 0 saturated heterocycles. The molecule has 0 aliphatic carbocycles. The van der Waals surface area contributed by atoms with Gasteiger partial charge in [-0.2, -0.15) is 9.97 Å². The van der Waals surface area contributed by atoms with E-state index in [1.165, 1.54) is 26.0 Å². The number of hydrogen-bond donors (Lipinski definition) is 1. The van der Waals surface area contributed by atoms with Crippen LogP contribution in [0.5, 0.6) is 17.8 Å². The van der Waals surface area contributed by atoms with E-state index in [9.17, 15) is 5.11 Å². The van der Waals surface area contributed by atoms with Gasteiger partial charge in [-0.3, -0.25) is 0 Å². The van der Waals surface area contributed by atoms with Crippen LogP contribution in [-0.2, 0) is 0 Å². The highest BCUT2D eigenvalue weighted by Gasteiger charge is 2.08. The molecule has 0 atom stereocenters. The molecule has 6 nitrogen and oxygen atoms in total. The van der Waals surface area contributed by atoms with E-state index in [1.807, 2.05) is 6.07 Å². The minimum atomic E-state index is 0.185. The first-order chi connectivity index (χ1) is 8.71. The molecule has 0 saturated carbocycles. The Morgan fingerprint density at radius 2 is 1.72 bits per heavy atom. The molecule has 1 heterocycles. The number of rotatable bonds is 4. The van der Waals surface area contributed by atoms with Gasteiger partial charge in [-0.15, -0.1) is 4.98 Å². The van der Waals surface area contributed by atoms with Gasteiger partial charge in [0.1, 0.15) is 5.75 Å². The number of phenols is 1. The molecular weight excluding hydrogens is 254 g/mol. The van der Waals surface area contributed by atoms with Crippen molar-refractivity contribution in [3.05, 3.63) is 24.3 Å². The molecule has 1 aromatic carbocycles. The summed E-state index contributed by atoms with van der Waals surface area (Å²) in [6, 6.07) is 7.17. The first-order valence-corrected chi connectivity index (χ1v) is 5.84. The molecule has 2 rings (SSSR count). The molecule has 0 fully saturated rings. The highest BCUT2D eigenvalue weighted by Crippen LogP contribution is 2.28. The smallest absolute Gasteiger partial charge is 0.323 e. The first kappa shape index (κ1) is 12.4. The second-order valence-corrected chi connectivity index (χ2v) is 4.23. The molecule has 1 aromatic heterocycles. The average Bonchev–Trinajstić information content (AvgIpc) is 2.38. The summed E-state index contributed by atoms with van der Waals surface area (Å²) in [5, 5.41) is 9.81. The number of ether oxygens (including phenoxy) is 2. The number of aromatic hydroxyl groups is 1. The van der Waals surface area contributed by atoms with Gasteiger partial charge in [0.2, 0.25) is 5.16 Å². The summed E-state index contributed by atoms with van der Waals surface area (Å²) in [7, 11) is 2.94. The summed E-state index contributed by atoms with van der Waals surface area (Å²) in [6.07, 6.45) is 0.